The number of halogens is 3. The number of carbonyl (C=O) groups is 1. The van der Waals surface area contributed by atoms with E-state index in [1.807, 2.05) is 0 Å². The first-order valence-electron chi connectivity index (χ1n) is 8.49. The van der Waals surface area contributed by atoms with Crippen molar-refractivity contribution in [1.82, 2.24) is 10.6 Å². The van der Waals surface area contributed by atoms with Gasteiger partial charge in [-0.15, -0.1) is 0 Å². The van der Waals surface area contributed by atoms with Gasteiger partial charge in [0.2, 0.25) is 3.79 Å². The van der Waals surface area contributed by atoms with Gasteiger partial charge in [0.05, 0.1) is 27.0 Å². The molecule has 0 saturated heterocycles. The summed E-state index contributed by atoms with van der Waals surface area (Å²) in [6, 6.07) is 11.7. The Hall–Kier alpha value is -2.13. The number of methoxy groups -OCH3 is 3. The van der Waals surface area contributed by atoms with E-state index < -0.39 is 15.9 Å². The van der Waals surface area contributed by atoms with Crippen molar-refractivity contribution in [3.63, 3.8) is 0 Å². The number of anilines is 1. The maximum absolute atomic E-state index is 12.6. The molecule has 0 radical (unpaired) electrons. The quantitative estimate of drug-likeness (QED) is 0.305. The van der Waals surface area contributed by atoms with Crippen LogP contribution in [0.3, 0.4) is 0 Å². The molecule has 0 unspecified atom stereocenters. The van der Waals surface area contributed by atoms with E-state index in [1.165, 1.54) is 21.3 Å². The van der Waals surface area contributed by atoms with Crippen molar-refractivity contribution in [3.05, 3.63) is 48.0 Å². The third-order valence-corrected chi connectivity index (χ3v) is 4.74. The maximum atomic E-state index is 12.6. The third-order valence-electron chi connectivity index (χ3n) is 3.86. The SMILES string of the molecule is COc1cccc(C(=O)N[C@@H](NC(=S)Nc2cc(OC)ccc2OC)C(Cl)(Cl)Cl)c1. The molecule has 0 spiro atoms. The molecule has 0 aliphatic rings. The van der Waals surface area contributed by atoms with Crippen molar-refractivity contribution < 1.29 is 19.0 Å². The van der Waals surface area contributed by atoms with Crippen LogP contribution < -0.4 is 30.2 Å². The van der Waals surface area contributed by atoms with Crippen LogP contribution in [0.4, 0.5) is 5.69 Å². The predicted molar refractivity (Wildman–Crippen MR) is 123 cm³/mol. The highest BCUT2D eigenvalue weighted by Crippen LogP contribution is 2.31. The number of rotatable bonds is 7. The highest BCUT2D eigenvalue weighted by Gasteiger charge is 2.35. The van der Waals surface area contributed by atoms with Crippen LogP contribution in [0.25, 0.3) is 0 Å². The lowest BCUT2D eigenvalue weighted by Gasteiger charge is -2.28. The van der Waals surface area contributed by atoms with Crippen LogP contribution in [0.15, 0.2) is 42.5 Å². The monoisotopic (exact) mass is 491 g/mol. The number of benzene rings is 2. The van der Waals surface area contributed by atoms with E-state index >= 15 is 0 Å². The van der Waals surface area contributed by atoms with Crippen LogP contribution in [0.5, 0.6) is 17.2 Å². The molecule has 0 heterocycles. The lowest BCUT2D eigenvalue weighted by atomic mass is 10.2. The molecule has 2 aromatic carbocycles. The van der Waals surface area contributed by atoms with E-state index in [0.29, 0.717) is 28.5 Å². The molecule has 162 valence electrons. The number of hydrogen-bond donors (Lipinski definition) is 3. The van der Waals surface area contributed by atoms with Gasteiger partial charge in [-0.2, -0.15) is 0 Å². The largest absolute Gasteiger partial charge is 0.497 e. The molecule has 30 heavy (non-hydrogen) atoms. The van der Waals surface area contributed by atoms with Crippen molar-refractivity contribution in [3.8, 4) is 17.2 Å². The van der Waals surface area contributed by atoms with Crippen molar-refractivity contribution in [1.29, 1.82) is 0 Å². The fraction of sp³-hybridized carbons (Fsp3) is 0.263. The van der Waals surface area contributed by atoms with Gasteiger partial charge in [0.25, 0.3) is 5.91 Å². The summed E-state index contributed by atoms with van der Waals surface area (Å²) in [6.07, 6.45) is -1.14. The summed E-state index contributed by atoms with van der Waals surface area (Å²) in [5.41, 5.74) is 0.847. The zero-order valence-corrected chi connectivity index (χ0v) is 19.4. The lowest BCUT2D eigenvalue weighted by molar-refractivity contribution is 0.0934. The average molecular weight is 493 g/mol. The van der Waals surface area contributed by atoms with Gasteiger partial charge in [0.1, 0.15) is 23.4 Å². The van der Waals surface area contributed by atoms with Crippen molar-refractivity contribution >= 4 is 63.7 Å². The molecule has 2 aromatic rings. The molecule has 0 aliphatic carbocycles. The molecule has 0 bridgehead atoms. The van der Waals surface area contributed by atoms with Gasteiger partial charge in [-0.05, 0) is 42.5 Å². The molecule has 0 aromatic heterocycles. The topological polar surface area (TPSA) is 80.9 Å². The Bertz CT molecular complexity index is 909. The van der Waals surface area contributed by atoms with Crippen LogP contribution in [0.1, 0.15) is 10.4 Å². The fourth-order valence-corrected chi connectivity index (χ4v) is 2.93. The summed E-state index contributed by atoms with van der Waals surface area (Å²) in [5, 5.41) is 8.42. The molecule has 7 nitrogen and oxygen atoms in total. The Balaban J connectivity index is 2.15. The van der Waals surface area contributed by atoms with Gasteiger partial charge < -0.3 is 30.2 Å². The van der Waals surface area contributed by atoms with Gasteiger partial charge in [-0.1, -0.05) is 40.9 Å². The summed E-state index contributed by atoms with van der Waals surface area (Å²) in [5.74, 6) is 1.14. The first kappa shape index (κ1) is 24.1. The summed E-state index contributed by atoms with van der Waals surface area (Å²) in [6.45, 7) is 0. The lowest BCUT2D eigenvalue weighted by Crippen LogP contribution is -2.56. The number of amides is 1. The van der Waals surface area contributed by atoms with Gasteiger partial charge >= 0.3 is 0 Å². The zero-order chi connectivity index (χ0) is 22.3. The molecular weight excluding hydrogens is 473 g/mol. The number of nitrogens with one attached hydrogen (secondary N) is 3. The maximum Gasteiger partial charge on any atom is 0.253 e. The van der Waals surface area contributed by atoms with Crippen LogP contribution in [-0.2, 0) is 0 Å². The Morgan fingerprint density at radius 2 is 1.63 bits per heavy atom. The number of carbonyl (C=O) groups excluding carboxylic acids is 1. The normalized spacial score (nSPS) is 11.8. The van der Waals surface area contributed by atoms with Crippen molar-refractivity contribution in [2.75, 3.05) is 26.6 Å². The molecule has 11 heteroatoms. The van der Waals surface area contributed by atoms with Gasteiger partial charge in [-0.3, -0.25) is 4.79 Å². The van der Waals surface area contributed by atoms with E-state index in [4.69, 9.17) is 61.2 Å². The second-order valence-corrected chi connectivity index (χ2v) is 8.62. The third kappa shape index (κ3) is 6.70. The first-order valence-corrected chi connectivity index (χ1v) is 10.0. The number of thiocarbonyl (C=S) groups is 1. The van der Waals surface area contributed by atoms with E-state index in [9.17, 15) is 4.79 Å². The Morgan fingerprint density at radius 1 is 0.967 bits per heavy atom. The van der Waals surface area contributed by atoms with E-state index in [1.54, 1.807) is 42.5 Å². The van der Waals surface area contributed by atoms with E-state index in [0.717, 1.165) is 0 Å². The van der Waals surface area contributed by atoms with Crippen molar-refractivity contribution in [2.24, 2.45) is 0 Å². The fourth-order valence-electron chi connectivity index (χ4n) is 2.38. The predicted octanol–water partition coefficient (Wildman–Crippen LogP) is 4.13. The molecule has 0 aliphatic heterocycles. The molecule has 0 saturated carbocycles. The molecule has 1 atom stereocenters. The van der Waals surface area contributed by atoms with E-state index in [-0.39, 0.29) is 5.11 Å². The minimum absolute atomic E-state index is 0.0869. The summed E-state index contributed by atoms with van der Waals surface area (Å²) in [4.78, 5) is 12.6. The minimum atomic E-state index is -1.90. The van der Waals surface area contributed by atoms with Crippen LogP contribution >= 0.6 is 47.0 Å². The smallest absolute Gasteiger partial charge is 0.253 e. The zero-order valence-electron chi connectivity index (χ0n) is 16.3. The average Bonchev–Trinajstić information content (AvgIpc) is 2.72. The number of alkyl halides is 3. The van der Waals surface area contributed by atoms with Gasteiger partial charge in [0.15, 0.2) is 5.11 Å². The second-order valence-electron chi connectivity index (χ2n) is 5.84. The number of ether oxygens (including phenoxy) is 3. The molecular formula is C19H20Cl3N3O4S. The van der Waals surface area contributed by atoms with Crippen LogP contribution in [0.2, 0.25) is 0 Å². The second kappa shape index (κ2) is 10.8. The highest BCUT2D eigenvalue weighted by molar-refractivity contribution is 7.80. The first-order chi connectivity index (χ1) is 14.2. The van der Waals surface area contributed by atoms with E-state index in [2.05, 4.69) is 16.0 Å². The van der Waals surface area contributed by atoms with Crippen LogP contribution in [-0.4, -0.2) is 42.3 Å². The van der Waals surface area contributed by atoms with Crippen LogP contribution in [0, 0.1) is 0 Å². The highest BCUT2D eigenvalue weighted by atomic mass is 35.6. The van der Waals surface area contributed by atoms with Gasteiger partial charge in [-0.25, -0.2) is 0 Å². The molecule has 2 rings (SSSR count). The van der Waals surface area contributed by atoms with Crippen molar-refractivity contribution in [2.45, 2.75) is 9.96 Å². The Kier molecular flexibility index (Phi) is 8.66. The minimum Gasteiger partial charge on any atom is -0.497 e. The molecule has 0 fully saturated rings. The summed E-state index contributed by atoms with van der Waals surface area (Å²) in [7, 11) is 4.55. The Morgan fingerprint density at radius 3 is 2.23 bits per heavy atom. The molecule has 3 N–H and O–H groups in total. The summed E-state index contributed by atoms with van der Waals surface area (Å²) < 4.78 is 13.7. The molecule has 1 amide bonds. The standard InChI is InChI=1S/C19H20Cl3N3O4S/c1-27-12-6-4-5-11(9-12)16(26)24-17(19(20,21)22)25-18(30)23-14-10-13(28-2)7-8-15(14)29-3/h4-10,17H,1-3H3,(H,24,26)(H2,23,25,30)/t17-/m0/s1. The van der Waals surface area contributed by atoms with Gasteiger partial charge in [0, 0.05) is 11.6 Å². The number of hydrogen-bond acceptors (Lipinski definition) is 5. The Labute approximate surface area is 194 Å². The summed E-state index contributed by atoms with van der Waals surface area (Å²) >= 11 is 23.4.